The van der Waals surface area contributed by atoms with Crippen LogP contribution < -0.4 is 0 Å². The van der Waals surface area contributed by atoms with Gasteiger partial charge in [0.05, 0.1) is 23.9 Å². The van der Waals surface area contributed by atoms with E-state index < -0.39 is 0 Å². The van der Waals surface area contributed by atoms with Crippen molar-refractivity contribution >= 4 is 11.6 Å². The number of ether oxygens (including phenoxy) is 2. The molecule has 20 heavy (non-hydrogen) atoms. The van der Waals surface area contributed by atoms with Crippen molar-refractivity contribution in [2.75, 3.05) is 0 Å². The fourth-order valence-electron chi connectivity index (χ4n) is 3.61. The van der Waals surface area contributed by atoms with Crippen LogP contribution in [0.4, 0.5) is 0 Å². The van der Waals surface area contributed by atoms with E-state index in [1.165, 1.54) is 0 Å². The Morgan fingerprint density at radius 3 is 2.75 bits per heavy atom. The highest BCUT2D eigenvalue weighted by molar-refractivity contribution is 6.31. The Hall–Kier alpha value is -0.570. The molecule has 2 nitrogen and oxygen atoms in total. The molecule has 0 N–H and O–H groups in total. The SMILES string of the molecule is CC(C)[C@@]12CC[C@@](C)(O1)[C@@H](OCc1ccccc1Cl)C2. The molecule has 0 amide bonds. The molecule has 0 aliphatic carbocycles. The van der Waals surface area contributed by atoms with E-state index in [0.717, 1.165) is 29.8 Å². The standard InChI is InChI=1S/C17H23ClO2/c1-12(2)17-9-8-16(3,20-17)15(10-17)19-11-13-6-4-5-7-14(13)18/h4-7,12,15H,8-11H2,1-3H3/t15-,16+,17-/m0/s1. The van der Waals surface area contributed by atoms with Crippen LogP contribution in [0.25, 0.3) is 0 Å². The van der Waals surface area contributed by atoms with Crippen LogP contribution in [-0.4, -0.2) is 17.3 Å². The summed E-state index contributed by atoms with van der Waals surface area (Å²) in [5.74, 6) is 0.540. The summed E-state index contributed by atoms with van der Waals surface area (Å²) in [4.78, 5) is 0. The number of benzene rings is 1. The number of fused-ring (bicyclic) bond motifs is 2. The van der Waals surface area contributed by atoms with Crippen LogP contribution in [0.3, 0.4) is 0 Å². The van der Waals surface area contributed by atoms with E-state index in [2.05, 4.69) is 20.8 Å². The van der Waals surface area contributed by atoms with Gasteiger partial charge in [0.25, 0.3) is 0 Å². The first-order chi connectivity index (χ1) is 9.45. The summed E-state index contributed by atoms with van der Waals surface area (Å²) in [6, 6.07) is 7.88. The summed E-state index contributed by atoms with van der Waals surface area (Å²) >= 11 is 6.19. The highest BCUT2D eigenvalue weighted by Gasteiger charge is 2.60. The number of halogens is 1. The third-order valence-corrected chi connectivity index (χ3v) is 5.51. The Balaban J connectivity index is 1.69. The molecule has 1 aromatic carbocycles. The van der Waals surface area contributed by atoms with Gasteiger partial charge in [-0.2, -0.15) is 0 Å². The Labute approximate surface area is 126 Å². The van der Waals surface area contributed by atoms with E-state index >= 15 is 0 Å². The molecule has 3 rings (SSSR count). The smallest absolute Gasteiger partial charge is 0.0924 e. The maximum Gasteiger partial charge on any atom is 0.0924 e. The molecule has 3 heteroatoms. The number of hydrogen-bond donors (Lipinski definition) is 0. The molecule has 2 bridgehead atoms. The third-order valence-electron chi connectivity index (χ3n) is 5.14. The average molecular weight is 295 g/mol. The van der Waals surface area contributed by atoms with Gasteiger partial charge in [-0.15, -0.1) is 0 Å². The summed E-state index contributed by atoms with van der Waals surface area (Å²) in [5, 5.41) is 0.778. The lowest BCUT2D eigenvalue weighted by Crippen LogP contribution is -2.38. The lowest BCUT2D eigenvalue weighted by Gasteiger charge is -2.31. The van der Waals surface area contributed by atoms with Gasteiger partial charge in [0.15, 0.2) is 0 Å². The van der Waals surface area contributed by atoms with Gasteiger partial charge >= 0.3 is 0 Å². The Morgan fingerprint density at radius 2 is 2.10 bits per heavy atom. The van der Waals surface area contributed by atoms with Gasteiger partial charge in [-0.1, -0.05) is 43.6 Å². The van der Waals surface area contributed by atoms with Crippen molar-refractivity contribution in [2.45, 2.75) is 63.9 Å². The first-order valence-electron chi connectivity index (χ1n) is 7.50. The van der Waals surface area contributed by atoms with Crippen molar-refractivity contribution in [1.82, 2.24) is 0 Å². The molecule has 2 heterocycles. The first-order valence-corrected chi connectivity index (χ1v) is 7.88. The minimum Gasteiger partial charge on any atom is -0.370 e. The maximum atomic E-state index is 6.38. The zero-order valence-corrected chi connectivity index (χ0v) is 13.2. The van der Waals surface area contributed by atoms with Crippen molar-refractivity contribution in [1.29, 1.82) is 0 Å². The topological polar surface area (TPSA) is 18.5 Å². The summed E-state index contributed by atoms with van der Waals surface area (Å²) in [6.45, 7) is 7.27. The second kappa shape index (κ2) is 5.01. The lowest BCUT2D eigenvalue weighted by molar-refractivity contribution is -0.0959. The van der Waals surface area contributed by atoms with Gasteiger partial charge in [0.2, 0.25) is 0 Å². The molecule has 0 unspecified atom stereocenters. The fraction of sp³-hybridized carbons (Fsp3) is 0.647. The van der Waals surface area contributed by atoms with Crippen LogP contribution in [0.15, 0.2) is 24.3 Å². The average Bonchev–Trinajstić information content (AvgIpc) is 2.90. The lowest BCUT2D eigenvalue weighted by atomic mass is 9.75. The quantitative estimate of drug-likeness (QED) is 0.808. The largest absolute Gasteiger partial charge is 0.370 e. The van der Waals surface area contributed by atoms with Crippen LogP contribution in [0.5, 0.6) is 0 Å². The zero-order valence-electron chi connectivity index (χ0n) is 12.5. The molecule has 110 valence electrons. The van der Waals surface area contributed by atoms with E-state index in [0.29, 0.717) is 12.5 Å². The van der Waals surface area contributed by atoms with E-state index in [-0.39, 0.29) is 17.3 Å². The van der Waals surface area contributed by atoms with Crippen molar-refractivity contribution < 1.29 is 9.47 Å². The predicted octanol–water partition coefficient (Wildman–Crippen LogP) is 4.59. The molecule has 2 saturated heterocycles. The zero-order chi connectivity index (χ0) is 14.4. The number of rotatable bonds is 4. The Kier molecular flexibility index (Phi) is 3.60. The van der Waals surface area contributed by atoms with Gasteiger partial charge in [0.1, 0.15) is 0 Å². The van der Waals surface area contributed by atoms with Crippen molar-refractivity contribution in [3.05, 3.63) is 34.9 Å². The summed E-state index contributed by atoms with van der Waals surface area (Å²) in [6.07, 6.45) is 3.44. The molecule has 0 spiro atoms. The van der Waals surface area contributed by atoms with Crippen molar-refractivity contribution in [2.24, 2.45) is 5.92 Å². The van der Waals surface area contributed by atoms with Gasteiger partial charge in [-0.25, -0.2) is 0 Å². The van der Waals surface area contributed by atoms with Crippen LogP contribution in [0.2, 0.25) is 5.02 Å². The second-order valence-electron chi connectivity index (χ2n) is 6.73. The molecule has 3 atom stereocenters. The van der Waals surface area contributed by atoms with Gasteiger partial charge in [-0.05, 0) is 37.3 Å². The highest BCUT2D eigenvalue weighted by Crippen LogP contribution is 2.55. The first kappa shape index (κ1) is 14.4. The summed E-state index contributed by atoms with van der Waals surface area (Å²) in [7, 11) is 0. The molecular formula is C17H23ClO2. The van der Waals surface area contributed by atoms with Crippen LogP contribution >= 0.6 is 11.6 Å². The van der Waals surface area contributed by atoms with Gasteiger partial charge < -0.3 is 9.47 Å². The Bertz CT molecular complexity index is 502. The molecule has 0 aromatic heterocycles. The summed E-state index contributed by atoms with van der Waals surface area (Å²) < 4.78 is 12.6. The van der Waals surface area contributed by atoms with Crippen LogP contribution in [0, 0.1) is 5.92 Å². The van der Waals surface area contributed by atoms with Gasteiger partial charge in [0, 0.05) is 11.4 Å². The normalized spacial score (nSPS) is 36.0. The molecule has 2 aliphatic heterocycles. The van der Waals surface area contributed by atoms with Crippen LogP contribution in [0.1, 0.15) is 45.6 Å². The van der Waals surface area contributed by atoms with Crippen LogP contribution in [-0.2, 0) is 16.1 Å². The Morgan fingerprint density at radius 1 is 1.35 bits per heavy atom. The van der Waals surface area contributed by atoms with E-state index in [9.17, 15) is 0 Å². The number of hydrogen-bond acceptors (Lipinski definition) is 2. The van der Waals surface area contributed by atoms with Crippen molar-refractivity contribution in [3.63, 3.8) is 0 Å². The van der Waals surface area contributed by atoms with E-state index in [4.69, 9.17) is 21.1 Å². The van der Waals surface area contributed by atoms with E-state index in [1.807, 2.05) is 24.3 Å². The predicted molar refractivity (Wildman–Crippen MR) is 80.9 cm³/mol. The molecule has 0 saturated carbocycles. The fourth-order valence-corrected chi connectivity index (χ4v) is 3.80. The minimum absolute atomic E-state index is 0.0277. The van der Waals surface area contributed by atoms with Gasteiger partial charge in [-0.3, -0.25) is 0 Å². The third kappa shape index (κ3) is 2.28. The molecular weight excluding hydrogens is 272 g/mol. The molecule has 1 aromatic rings. The van der Waals surface area contributed by atoms with Crippen molar-refractivity contribution in [3.8, 4) is 0 Å². The molecule has 2 aliphatic rings. The second-order valence-corrected chi connectivity index (χ2v) is 7.14. The monoisotopic (exact) mass is 294 g/mol. The summed E-state index contributed by atoms with van der Waals surface area (Å²) in [5.41, 5.74) is 0.963. The molecule has 0 radical (unpaired) electrons. The maximum absolute atomic E-state index is 6.38. The molecule has 2 fully saturated rings. The van der Waals surface area contributed by atoms with E-state index in [1.54, 1.807) is 0 Å². The minimum atomic E-state index is -0.120. The highest BCUT2D eigenvalue weighted by atomic mass is 35.5.